The van der Waals surface area contributed by atoms with E-state index in [0.29, 0.717) is 0 Å². The van der Waals surface area contributed by atoms with Gasteiger partial charge in [0.25, 0.3) is 0 Å². The minimum Gasteiger partial charge on any atom is -0.103 e. The Balaban J connectivity index is 4.27. The van der Waals surface area contributed by atoms with Gasteiger partial charge in [0, 0.05) is 0 Å². The van der Waals surface area contributed by atoms with Gasteiger partial charge >= 0.3 is 0 Å². The van der Waals surface area contributed by atoms with Gasteiger partial charge in [0.1, 0.15) is 0 Å². The molecule has 0 saturated carbocycles. The maximum atomic E-state index is 3.95. The highest BCUT2D eigenvalue weighted by Crippen LogP contribution is 2.30. The quantitative estimate of drug-likeness (QED) is 0.502. The summed E-state index contributed by atoms with van der Waals surface area (Å²) in [5.74, 6) is 2.44. The zero-order valence-electron chi connectivity index (χ0n) is 9.84. The van der Waals surface area contributed by atoms with Crippen molar-refractivity contribution in [3.05, 3.63) is 12.7 Å². The lowest BCUT2D eigenvalue weighted by atomic mass is 9.77. The van der Waals surface area contributed by atoms with E-state index in [2.05, 4.69) is 40.3 Å². The second-order valence-corrected chi connectivity index (χ2v) is 4.15. The predicted octanol–water partition coefficient (Wildman–Crippen LogP) is 4.66. The van der Waals surface area contributed by atoms with E-state index >= 15 is 0 Å². The monoisotopic (exact) mass is 182 g/mol. The number of allylic oxidation sites excluding steroid dienone is 1. The summed E-state index contributed by atoms with van der Waals surface area (Å²) in [7, 11) is 0. The third-order valence-corrected chi connectivity index (χ3v) is 3.32. The third kappa shape index (κ3) is 3.97. The highest BCUT2D eigenvalue weighted by atomic mass is 14.3. The van der Waals surface area contributed by atoms with Crippen molar-refractivity contribution < 1.29 is 0 Å². The first-order valence-electron chi connectivity index (χ1n) is 5.83. The van der Waals surface area contributed by atoms with E-state index < -0.39 is 0 Å². The van der Waals surface area contributed by atoms with Crippen LogP contribution < -0.4 is 0 Å². The molecule has 0 aromatic carbocycles. The molecule has 0 aliphatic rings. The molecule has 0 spiro atoms. The fourth-order valence-electron chi connectivity index (χ4n) is 2.20. The smallest absolute Gasteiger partial charge is 0.0208 e. The lowest BCUT2D eigenvalue weighted by molar-refractivity contribution is 0.248. The molecule has 3 atom stereocenters. The molecule has 0 nitrogen and oxygen atoms in total. The third-order valence-electron chi connectivity index (χ3n) is 3.32. The summed E-state index contributed by atoms with van der Waals surface area (Å²) in [5.41, 5.74) is 0. The van der Waals surface area contributed by atoms with E-state index in [1.807, 2.05) is 0 Å². The summed E-state index contributed by atoms with van der Waals surface area (Å²) < 4.78 is 0. The molecular formula is C13H26. The number of hydrogen-bond donors (Lipinski definition) is 0. The standard InChI is InChI=1S/C13H26/c1-6-10-13(11(5)7-2)12(8-3)9-4/h8,11-13H,3,6-7,9-10H2,1-2,4-5H3. The molecule has 13 heavy (non-hydrogen) atoms. The first-order valence-corrected chi connectivity index (χ1v) is 5.83. The van der Waals surface area contributed by atoms with Crippen LogP contribution in [0.3, 0.4) is 0 Å². The summed E-state index contributed by atoms with van der Waals surface area (Å²) in [5, 5.41) is 0. The van der Waals surface area contributed by atoms with Gasteiger partial charge in [-0.3, -0.25) is 0 Å². The zero-order valence-corrected chi connectivity index (χ0v) is 9.84. The van der Waals surface area contributed by atoms with E-state index in [9.17, 15) is 0 Å². The van der Waals surface area contributed by atoms with Crippen LogP contribution in [0, 0.1) is 17.8 Å². The van der Waals surface area contributed by atoms with Gasteiger partial charge in [-0.05, 0) is 30.6 Å². The van der Waals surface area contributed by atoms with Gasteiger partial charge in [-0.15, -0.1) is 6.58 Å². The van der Waals surface area contributed by atoms with E-state index in [-0.39, 0.29) is 0 Å². The van der Waals surface area contributed by atoms with Gasteiger partial charge in [0.2, 0.25) is 0 Å². The first-order chi connectivity index (χ1) is 6.21. The second kappa shape index (κ2) is 7.17. The first kappa shape index (κ1) is 12.7. The van der Waals surface area contributed by atoms with Crippen LogP contribution in [0.15, 0.2) is 12.7 Å². The molecular weight excluding hydrogens is 156 g/mol. The normalized spacial score (nSPS) is 17.8. The minimum absolute atomic E-state index is 0.731. The number of hydrogen-bond acceptors (Lipinski definition) is 0. The topological polar surface area (TPSA) is 0 Å². The Bertz CT molecular complexity index is 126. The molecule has 0 N–H and O–H groups in total. The van der Waals surface area contributed by atoms with Crippen molar-refractivity contribution in [1.29, 1.82) is 0 Å². The maximum Gasteiger partial charge on any atom is -0.0208 e. The molecule has 0 heterocycles. The van der Waals surface area contributed by atoms with E-state index in [1.165, 1.54) is 25.7 Å². The summed E-state index contributed by atoms with van der Waals surface area (Å²) in [6, 6.07) is 0. The fraction of sp³-hybridized carbons (Fsp3) is 0.846. The highest BCUT2D eigenvalue weighted by Gasteiger charge is 2.21. The van der Waals surface area contributed by atoms with Crippen molar-refractivity contribution >= 4 is 0 Å². The molecule has 0 bridgehead atoms. The maximum absolute atomic E-state index is 3.95. The molecule has 3 unspecified atom stereocenters. The van der Waals surface area contributed by atoms with Gasteiger partial charge in [-0.2, -0.15) is 0 Å². The molecule has 0 aromatic heterocycles. The Morgan fingerprint density at radius 1 is 1.15 bits per heavy atom. The van der Waals surface area contributed by atoms with E-state index in [0.717, 1.165) is 17.8 Å². The van der Waals surface area contributed by atoms with Crippen molar-refractivity contribution in [2.75, 3.05) is 0 Å². The van der Waals surface area contributed by atoms with Crippen LogP contribution in [0.1, 0.15) is 53.4 Å². The summed E-state index contributed by atoms with van der Waals surface area (Å²) >= 11 is 0. The Morgan fingerprint density at radius 2 is 1.77 bits per heavy atom. The largest absolute Gasteiger partial charge is 0.103 e. The fourth-order valence-corrected chi connectivity index (χ4v) is 2.20. The van der Waals surface area contributed by atoms with Gasteiger partial charge in [-0.1, -0.05) is 46.6 Å². The van der Waals surface area contributed by atoms with E-state index in [4.69, 9.17) is 0 Å². The van der Waals surface area contributed by atoms with Crippen LogP contribution in [0.4, 0.5) is 0 Å². The molecule has 0 amide bonds. The van der Waals surface area contributed by atoms with Crippen molar-refractivity contribution in [1.82, 2.24) is 0 Å². The number of rotatable bonds is 7. The van der Waals surface area contributed by atoms with Gasteiger partial charge in [-0.25, -0.2) is 0 Å². The van der Waals surface area contributed by atoms with Crippen LogP contribution in [0.2, 0.25) is 0 Å². The van der Waals surface area contributed by atoms with E-state index in [1.54, 1.807) is 0 Å². The molecule has 78 valence electrons. The molecule has 0 rings (SSSR count). The lowest BCUT2D eigenvalue weighted by Crippen LogP contribution is -2.19. The molecule has 0 heteroatoms. The van der Waals surface area contributed by atoms with Crippen molar-refractivity contribution in [3.8, 4) is 0 Å². The highest BCUT2D eigenvalue weighted by molar-refractivity contribution is 4.85. The summed E-state index contributed by atoms with van der Waals surface area (Å²) in [6.45, 7) is 13.2. The minimum atomic E-state index is 0.731. The van der Waals surface area contributed by atoms with Crippen LogP contribution in [-0.4, -0.2) is 0 Å². The van der Waals surface area contributed by atoms with Gasteiger partial charge < -0.3 is 0 Å². The molecule has 0 saturated heterocycles. The Hall–Kier alpha value is -0.260. The molecule has 0 aliphatic carbocycles. The average molecular weight is 182 g/mol. The van der Waals surface area contributed by atoms with Crippen LogP contribution in [0.5, 0.6) is 0 Å². The molecule has 0 aromatic rings. The molecule has 0 fully saturated rings. The zero-order chi connectivity index (χ0) is 10.3. The van der Waals surface area contributed by atoms with Crippen molar-refractivity contribution in [2.24, 2.45) is 17.8 Å². The van der Waals surface area contributed by atoms with Crippen molar-refractivity contribution in [3.63, 3.8) is 0 Å². The molecule has 0 aliphatic heterocycles. The Morgan fingerprint density at radius 3 is 2.08 bits per heavy atom. The second-order valence-electron chi connectivity index (χ2n) is 4.15. The summed E-state index contributed by atoms with van der Waals surface area (Å²) in [4.78, 5) is 0. The van der Waals surface area contributed by atoms with Gasteiger partial charge in [0.15, 0.2) is 0 Å². The average Bonchev–Trinajstić information content (AvgIpc) is 2.17. The van der Waals surface area contributed by atoms with Crippen LogP contribution >= 0.6 is 0 Å². The predicted molar refractivity (Wildman–Crippen MR) is 61.8 cm³/mol. The summed E-state index contributed by atoms with van der Waals surface area (Å²) in [6.07, 6.45) is 7.37. The molecule has 0 radical (unpaired) electrons. The van der Waals surface area contributed by atoms with Crippen LogP contribution in [-0.2, 0) is 0 Å². The SMILES string of the molecule is C=CC(CC)C(CCC)C(C)CC. The van der Waals surface area contributed by atoms with Crippen molar-refractivity contribution in [2.45, 2.75) is 53.4 Å². The van der Waals surface area contributed by atoms with Crippen LogP contribution in [0.25, 0.3) is 0 Å². The Labute approximate surface area is 84.4 Å². The lowest BCUT2D eigenvalue weighted by Gasteiger charge is -2.28. The van der Waals surface area contributed by atoms with Gasteiger partial charge in [0.05, 0.1) is 0 Å². The Kier molecular flexibility index (Phi) is 7.03.